The molecule has 0 spiro atoms. The number of nitrogens with zero attached hydrogens (tertiary/aromatic N) is 4. The smallest absolute Gasteiger partial charge is 0.258 e. The van der Waals surface area contributed by atoms with Crippen LogP contribution in [0.25, 0.3) is 0 Å². The maximum absolute atomic E-state index is 13.5. The normalized spacial score (nSPS) is 12.5. The number of halogens is 5. The maximum atomic E-state index is 13.5. The fraction of sp³-hybridized carbons (Fsp3) is 0.217. The number of azo groups is 2. The zero-order chi connectivity index (χ0) is 48.9. The third-order valence-corrected chi connectivity index (χ3v) is 11.3. The minimum atomic E-state index is -1.66. The molecule has 3 atom stereocenters. The number of ether oxygens (including phenoxy) is 2. The number of hydrogen-bond donors (Lipinski definition) is 4. The molecular formula is C46H41Cl5N8O8. The first-order valence-corrected chi connectivity index (χ1v) is 22.1. The summed E-state index contributed by atoms with van der Waals surface area (Å²) in [4.78, 5) is 79.1. The molecule has 0 fully saturated rings. The predicted octanol–water partition coefficient (Wildman–Crippen LogP) is 11.7. The molecule has 0 aromatic heterocycles. The Kier molecular flexibility index (Phi) is 18.3. The van der Waals surface area contributed by atoms with Gasteiger partial charge in [0.05, 0.1) is 52.1 Å². The molecule has 0 saturated carbocycles. The van der Waals surface area contributed by atoms with Crippen LogP contribution in [-0.4, -0.2) is 61.5 Å². The third kappa shape index (κ3) is 12.7. The predicted molar refractivity (Wildman–Crippen MR) is 260 cm³/mol. The van der Waals surface area contributed by atoms with Gasteiger partial charge in [0.25, 0.3) is 23.6 Å². The zero-order valence-electron chi connectivity index (χ0n) is 36.3. The van der Waals surface area contributed by atoms with Crippen LogP contribution in [0.15, 0.2) is 111 Å². The van der Waals surface area contributed by atoms with E-state index < -0.39 is 52.7 Å². The number of para-hydroxylation sites is 2. The van der Waals surface area contributed by atoms with Gasteiger partial charge in [0.15, 0.2) is 11.6 Å². The lowest BCUT2D eigenvalue weighted by atomic mass is 10.1. The third-order valence-electron chi connectivity index (χ3n) is 9.71. The Labute approximate surface area is 409 Å². The van der Waals surface area contributed by atoms with Crippen LogP contribution < -0.4 is 30.7 Å². The van der Waals surface area contributed by atoms with Crippen molar-refractivity contribution < 1.29 is 38.2 Å². The van der Waals surface area contributed by atoms with Gasteiger partial charge < -0.3 is 30.7 Å². The second kappa shape index (κ2) is 23.8. The Balaban J connectivity index is 1.30. The van der Waals surface area contributed by atoms with Crippen molar-refractivity contribution in [1.82, 2.24) is 0 Å². The molecule has 0 aliphatic carbocycles. The molecule has 4 amide bonds. The van der Waals surface area contributed by atoms with E-state index in [0.29, 0.717) is 39.6 Å². The van der Waals surface area contributed by atoms with Crippen LogP contribution in [0.1, 0.15) is 63.6 Å². The molecule has 5 rings (SSSR count). The van der Waals surface area contributed by atoms with E-state index >= 15 is 0 Å². The minimum absolute atomic E-state index is 0.00145. The number of methoxy groups -OCH3 is 2. The number of carbonyl (C=O) groups excluding carboxylic acids is 6. The highest BCUT2D eigenvalue weighted by molar-refractivity contribution is 6.37. The van der Waals surface area contributed by atoms with Crippen LogP contribution in [0.2, 0.25) is 10.0 Å². The summed E-state index contributed by atoms with van der Waals surface area (Å²) in [5, 5.41) is 25.8. The van der Waals surface area contributed by atoms with Gasteiger partial charge in [-0.3, -0.25) is 28.8 Å². The number of Topliss-reactive ketones (excluding diaryl/α,β-unsaturated/α-hetero) is 2. The second-order valence-corrected chi connectivity index (χ2v) is 16.2. The van der Waals surface area contributed by atoms with Crippen molar-refractivity contribution in [2.24, 2.45) is 20.5 Å². The van der Waals surface area contributed by atoms with Crippen molar-refractivity contribution in [3.05, 3.63) is 129 Å². The summed E-state index contributed by atoms with van der Waals surface area (Å²) in [5.74, 6) is -3.35. The number of carbonyl (C=O) groups is 6. The Morgan fingerprint density at radius 2 is 1.03 bits per heavy atom. The fourth-order valence-corrected chi connectivity index (χ4v) is 7.40. The lowest BCUT2D eigenvalue weighted by Crippen LogP contribution is -2.32. The van der Waals surface area contributed by atoms with Crippen LogP contribution >= 0.6 is 58.0 Å². The van der Waals surface area contributed by atoms with Gasteiger partial charge in [0.2, 0.25) is 12.1 Å². The van der Waals surface area contributed by atoms with Gasteiger partial charge in [-0.25, -0.2) is 0 Å². The van der Waals surface area contributed by atoms with E-state index in [1.165, 1.54) is 68.8 Å². The first-order chi connectivity index (χ1) is 32.0. The fourth-order valence-electron chi connectivity index (χ4n) is 6.28. The van der Waals surface area contributed by atoms with Gasteiger partial charge in [-0.15, -0.1) is 34.8 Å². The van der Waals surface area contributed by atoms with E-state index in [-0.39, 0.29) is 55.7 Å². The summed E-state index contributed by atoms with van der Waals surface area (Å²) >= 11 is 31.8. The van der Waals surface area contributed by atoms with Crippen LogP contribution in [0.5, 0.6) is 11.5 Å². The Bertz CT molecular complexity index is 2740. The Hall–Kier alpha value is -6.43. The molecule has 348 valence electrons. The zero-order valence-corrected chi connectivity index (χ0v) is 40.0. The quantitative estimate of drug-likeness (QED) is 0.0353. The molecule has 0 aliphatic rings. The lowest BCUT2D eigenvalue weighted by molar-refractivity contribution is -0.127. The van der Waals surface area contributed by atoms with E-state index in [9.17, 15) is 28.8 Å². The average molecular weight is 1010 g/mol. The lowest BCUT2D eigenvalue weighted by Gasteiger charge is -2.17. The molecule has 0 heterocycles. The topological polar surface area (TPSA) is 218 Å². The first kappa shape index (κ1) is 51.6. The van der Waals surface area contributed by atoms with Crippen molar-refractivity contribution in [3.8, 4) is 11.5 Å². The molecule has 21 heteroatoms. The largest absolute Gasteiger partial charge is 0.495 e. The number of alkyl halides is 3. The summed E-state index contributed by atoms with van der Waals surface area (Å²) in [5.41, 5.74) is 2.60. The van der Waals surface area contributed by atoms with Gasteiger partial charge in [0.1, 0.15) is 22.9 Å². The highest BCUT2D eigenvalue weighted by Gasteiger charge is 2.27. The van der Waals surface area contributed by atoms with Gasteiger partial charge >= 0.3 is 0 Å². The van der Waals surface area contributed by atoms with Gasteiger partial charge in [-0.1, -0.05) is 59.6 Å². The number of nitrogens with one attached hydrogen (secondary N) is 4. The standard InChI is InChI=1S/C46H41Cl5N8O8/c1-23(49)31-20-28(52-45(64)39(24(2)60)58-56-33-14-8-12-29(37(33)50)43(62)54-41-26(21-47)10-6-16-35(41)66-4)18-19-32(31)53-46(65)40(25(3)61)59-57-34-15-9-13-30(38(34)51)44(63)55-42-27(22-48)11-7-17-36(42)67-5/h6-20,23,39-40H,21-22H2,1-5H3,(H,52,64)(H,53,65)(H,54,62)(H,55,63). The number of hydrogen-bond acceptors (Lipinski definition) is 12. The molecule has 0 aliphatic heterocycles. The molecule has 3 unspecified atom stereocenters. The molecule has 5 aromatic carbocycles. The summed E-state index contributed by atoms with van der Waals surface area (Å²) in [6.07, 6.45) is 0. The van der Waals surface area contributed by atoms with Crippen molar-refractivity contribution in [2.45, 2.75) is 50.0 Å². The molecule has 16 nitrogen and oxygen atoms in total. The summed E-state index contributed by atoms with van der Waals surface area (Å²) < 4.78 is 10.7. The highest BCUT2D eigenvalue weighted by atomic mass is 35.5. The van der Waals surface area contributed by atoms with Gasteiger partial charge in [-0.05, 0) is 92.1 Å². The van der Waals surface area contributed by atoms with Crippen molar-refractivity contribution >= 4 is 127 Å². The molecule has 4 N–H and O–H groups in total. The number of rotatable bonds is 19. The van der Waals surface area contributed by atoms with E-state index in [4.69, 9.17) is 67.5 Å². The van der Waals surface area contributed by atoms with E-state index in [1.54, 1.807) is 43.3 Å². The van der Waals surface area contributed by atoms with Crippen LogP contribution in [0.3, 0.4) is 0 Å². The van der Waals surface area contributed by atoms with Gasteiger partial charge in [0, 0.05) is 23.1 Å². The van der Waals surface area contributed by atoms with Crippen LogP contribution in [0, 0.1) is 0 Å². The van der Waals surface area contributed by atoms with Crippen molar-refractivity contribution in [3.63, 3.8) is 0 Å². The molecule has 5 aromatic rings. The molecule has 0 saturated heterocycles. The van der Waals surface area contributed by atoms with Crippen molar-refractivity contribution in [2.75, 3.05) is 35.5 Å². The van der Waals surface area contributed by atoms with Crippen LogP contribution in [0.4, 0.5) is 34.1 Å². The average Bonchev–Trinajstić information content (AvgIpc) is 3.30. The monoisotopic (exact) mass is 1010 g/mol. The Morgan fingerprint density at radius 3 is 1.43 bits per heavy atom. The first-order valence-electron chi connectivity index (χ1n) is 19.9. The number of benzene rings is 5. The minimum Gasteiger partial charge on any atom is -0.495 e. The summed E-state index contributed by atoms with van der Waals surface area (Å²) in [6.45, 7) is 3.90. The van der Waals surface area contributed by atoms with E-state index in [1.807, 2.05) is 0 Å². The number of ketones is 2. The van der Waals surface area contributed by atoms with Crippen LogP contribution in [-0.2, 0) is 30.9 Å². The maximum Gasteiger partial charge on any atom is 0.258 e. The SMILES string of the molecule is COc1cccc(CCl)c1NC(=O)c1cccc(N=NC(C(C)=O)C(=O)Nc2ccc(NC(=O)C(N=Nc3cccc(C(=O)Nc4c(CCl)cccc4OC)c3Cl)C(C)=O)c(C(C)Cl)c2)c1Cl. The van der Waals surface area contributed by atoms with E-state index in [0.717, 1.165) is 13.8 Å². The number of amides is 4. The molecule has 0 bridgehead atoms. The number of anilines is 4. The molecule has 67 heavy (non-hydrogen) atoms. The molecular weight excluding hydrogens is 970 g/mol. The molecule has 0 radical (unpaired) electrons. The summed E-state index contributed by atoms with van der Waals surface area (Å²) in [6, 6.07) is 20.0. The Morgan fingerprint density at radius 1 is 0.597 bits per heavy atom. The van der Waals surface area contributed by atoms with E-state index in [2.05, 4.69) is 41.7 Å². The van der Waals surface area contributed by atoms with Gasteiger partial charge in [-0.2, -0.15) is 20.5 Å². The highest BCUT2D eigenvalue weighted by Crippen LogP contribution is 2.36. The second-order valence-electron chi connectivity index (χ2n) is 14.3. The summed E-state index contributed by atoms with van der Waals surface area (Å²) in [7, 11) is 2.90. The van der Waals surface area contributed by atoms with Crippen molar-refractivity contribution in [1.29, 1.82) is 0 Å².